The quantitative estimate of drug-likeness (QED) is 0.759. The molecule has 1 aromatic heterocycles. The summed E-state index contributed by atoms with van der Waals surface area (Å²) >= 11 is 0. The van der Waals surface area contributed by atoms with Crippen LogP contribution < -0.4 is 5.73 Å². The van der Waals surface area contributed by atoms with Crippen LogP contribution in [0, 0.1) is 6.92 Å². The monoisotopic (exact) mass is 202 g/mol. The Morgan fingerprint density at radius 2 is 2.08 bits per heavy atom. The molecule has 0 aliphatic heterocycles. The summed E-state index contributed by atoms with van der Waals surface area (Å²) in [5, 5.41) is 3.97. The summed E-state index contributed by atoms with van der Waals surface area (Å²) in [4.78, 5) is 0. The second-order valence-electron chi connectivity index (χ2n) is 3.69. The highest BCUT2D eigenvalue weighted by molar-refractivity contribution is 5.85. The number of nitrogens with zero attached hydrogens (tertiary/aromatic N) is 1. The Hall–Kier alpha value is -0.540. The molecule has 1 heterocycles. The standard InChI is InChI=1S/C9H14N2O.ClH/c1-7-6-8(11-12-7)9(10)4-2-3-5-9;/h6H,2-5,10H2,1H3;1H. The first kappa shape index (κ1) is 10.5. The third kappa shape index (κ3) is 1.86. The van der Waals surface area contributed by atoms with Gasteiger partial charge in [-0.1, -0.05) is 18.0 Å². The Morgan fingerprint density at radius 3 is 2.54 bits per heavy atom. The molecule has 0 unspecified atom stereocenters. The highest BCUT2D eigenvalue weighted by Crippen LogP contribution is 2.35. The van der Waals surface area contributed by atoms with E-state index in [4.69, 9.17) is 10.3 Å². The lowest BCUT2D eigenvalue weighted by Gasteiger charge is -2.19. The molecule has 2 N–H and O–H groups in total. The maximum Gasteiger partial charge on any atom is 0.134 e. The zero-order valence-corrected chi connectivity index (χ0v) is 8.56. The zero-order valence-electron chi connectivity index (χ0n) is 7.75. The summed E-state index contributed by atoms with van der Waals surface area (Å²) in [6.07, 6.45) is 4.50. The maximum absolute atomic E-state index is 6.17. The second-order valence-corrected chi connectivity index (χ2v) is 3.69. The minimum atomic E-state index is -0.197. The van der Waals surface area contributed by atoms with E-state index in [1.54, 1.807) is 0 Å². The summed E-state index contributed by atoms with van der Waals surface area (Å²) in [6, 6.07) is 1.95. The summed E-state index contributed by atoms with van der Waals surface area (Å²) in [7, 11) is 0. The van der Waals surface area contributed by atoms with E-state index in [1.165, 1.54) is 12.8 Å². The van der Waals surface area contributed by atoms with E-state index in [1.807, 2.05) is 13.0 Å². The Morgan fingerprint density at radius 1 is 1.46 bits per heavy atom. The predicted molar refractivity (Wildman–Crippen MR) is 52.8 cm³/mol. The van der Waals surface area contributed by atoms with Gasteiger partial charge in [-0.25, -0.2) is 0 Å². The van der Waals surface area contributed by atoms with Crippen molar-refractivity contribution in [3.8, 4) is 0 Å². The van der Waals surface area contributed by atoms with Gasteiger partial charge in [0, 0.05) is 6.07 Å². The topological polar surface area (TPSA) is 52.0 Å². The summed E-state index contributed by atoms with van der Waals surface area (Å²) in [5.74, 6) is 0.849. The molecular formula is C9H15ClN2O. The maximum atomic E-state index is 6.17. The molecule has 1 aliphatic carbocycles. The van der Waals surface area contributed by atoms with Gasteiger partial charge in [0.2, 0.25) is 0 Å². The van der Waals surface area contributed by atoms with Crippen molar-refractivity contribution < 1.29 is 4.52 Å². The van der Waals surface area contributed by atoms with E-state index in [9.17, 15) is 0 Å². The first-order valence-corrected chi connectivity index (χ1v) is 4.43. The average molecular weight is 203 g/mol. The van der Waals surface area contributed by atoms with Gasteiger partial charge in [-0.3, -0.25) is 0 Å². The van der Waals surface area contributed by atoms with Gasteiger partial charge in [0.05, 0.1) is 5.54 Å². The van der Waals surface area contributed by atoms with Crippen molar-refractivity contribution in [2.75, 3.05) is 0 Å². The average Bonchev–Trinajstić information content (AvgIpc) is 2.59. The van der Waals surface area contributed by atoms with Crippen LogP contribution in [0.2, 0.25) is 0 Å². The fourth-order valence-corrected chi connectivity index (χ4v) is 1.86. The Bertz CT molecular complexity index is 279. The Balaban J connectivity index is 0.000000845. The van der Waals surface area contributed by atoms with Gasteiger partial charge in [-0.2, -0.15) is 0 Å². The summed E-state index contributed by atoms with van der Waals surface area (Å²) in [5.41, 5.74) is 6.90. The van der Waals surface area contributed by atoms with E-state index in [-0.39, 0.29) is 17.9 Å². The van der Waals surface area contributed by atoms with Crippen molar-refractivity contribution in [3.63, 3.8) is 0 Å². The second kappa shape index (κ2) is 3.68. The van der Waals surface area contributed by atoms with Crippen molar-refractivity contribution in [1.29, 1.82) is 0 Å². The van der Waals surface area contributed by atoms with Gasteiger partial charge < -0.3 is 10.3 Å². The van der Waals surface area contributed by atoms with E-state index >= 15 is 0 Å². The molecule has 0 spiro atoms. The number of aromatic nitrogens is 1. The van der Waals surface area contributed by atoms with Gasteiger partial charge in [0.25, 0.3) is 0 Å². The molecule has 1 saturated carbocycles. The number of aryl methyl sites for hydroxylation is 1. The van der Waals surface area contributed by atoms with E-state index in [0.717, 1.165) is 24.3 Å². The van der Waals surface area contributed by atoms with Crippen molar-refractivity contribution in [2.45, 2.75) is 38.1 Å². The number of rotatable bonds is 1. The number of halogens is 1. The minimum Gasteiger partial charge on any atom is -0.361 e. The first-order chi connectivity index (χ1) is 5.71. The molecule has 1 aromatic rings. The third-order valence-corrected chi connectivity index (χ3v) is 2.63. The molecule has 4 heteroatoms. The van der Waals surface area contributed by atoms with Crippen LogP contribution in [-0.4, -0.2) is 5.16 Å². The lowest BCUT2D eigenvalue weighted by Crippen LogP contribution is -2.33. The van der Waals surface area contributed by atoms with Gasteiger partial charge in [-0.15, -0.1) is 12.4 Å². The number of hydrogen-bond donors (Lipinski definition) is 1. The number of hydrogen-bond acceptors (Lipinski definition) is 3. The third-order valence-electron chi connectivity index (χ3n) is 2.63. The van der Waals surface area contributed by atoms with Crippen molar-refractivity contribution >= 4 is 12.4 Å². The molecular weight excluding hydrogens is 188 g/mol. The minimum absolute atomic E-state index is 0. The molecule has 1 fully saturated rings. The lowest BCUT2D eigenvalue weighted by atomic mass is 9.95. The molecule has 13 heavy (non-hydrogen) atoms. The molecule has 0 amide bonds. The van der Waals surface area contributed by atoms with Crippen LogP contribution in [0.15, 0.2) is 10.6 Å². The van der Waals surface area contributed by atoms with Crippen molar-refractivity contribution in [2.24, 2.45) is 5.73 Å². The molecule has 0 bridgehead atoms. The lowest BCUT2D eigenvalue weighted by molar-refractivity contribution is 0.356. The SMILES string of the molecule is Cc1cc(C2(N)CCCC2)no1.Cl. The fraction of sp³-hybridized carbons (Fsp3) is 0.667. The Labute approximate surface area is 84.1 Å². The first-order valence-electron chi connectivity index (χ1n) is 4.43. The molecule has 0 radical (unpaired) electrons. The molecule has 0 saturated heterocycles. The fourth-order valence-electron chi connectivity index (χ4n) is 1.86. The van der Waals surface area contributed by atoms with Gasteiger partial charge in [0.1, 0.15) is 11.5 Å². The summed E-state index contributed by atoms with van der Waals surface area (Å²) in [6.45, 7) is 1.90. The van der Waals surface area contributed by atoms with Gasteiger partial charge >= 0.3 is 0 Å². The van der Waals surface area contributed by atoms with Crippen molar-refractivity contribution in [3.05, 3.63) is 17.5 Å². The van der Waals surface area contributed by atoms with Crippen molar-refractivity contribution in [1.82, 2.24) is 5.16 Å². The smallest absolute Gasteiger partial charge is 0.134 e. The molecule has 1 aliphatic rings. The Kier molecular flexibility index (Phi) is 2.98. The molecule has 74 valence electrons. The molecule has 2 rings (SSSR count). The van der Waals surface area contributed by atoms with Crippen LogP contribution in [0.5, 0.6) is 0 Å². The number of nitrogens with two attached hydrogens (primary N) is 1. The van der Waals surface area contributed by atoms with E-state index < -0.39 is 0 Å². The highest BCUT2D eigenvalue weighted by Gasteiger charge is 2.33. The highest BCUT2D eigenvalue weighted by atomic mass is 35.5. The van der Waals surface area contributed by atoms with E-state index in [0.29, 0.717) is 0 Å². The summed E-state index contributed by atoms with van der Waals surface area (Å²) < 4.78 is 5.01. The molecule has 3 nitrogen and oxygen atoms in total. The largest absolute Gasteiger partial charge is 0.361 e. The van der Waals surface area contributed by atoms with Crippen LogP contribution in [-0.2, 0) is 5.54 Å². The van der Waals surface area contributed by atoms with Crippen LogP contribution >= 0.6 is 12.4 Å². The van der Waals surface area contributed by atoms with Crippen LogP contribution in [0.25, 0.3) is 0 Å². The van der Waals surface area contributed by atoms with Gasteiger partial charge in [-0.05, 0) is 19.8 Å². The van der Waals surface area contributed by atoms with Crippen LogP contribution in [0.4, 0.5) is 0 Å². The normalized spacial score (nSPS) is 19.8. The van der Waals surface area contributed by atoms with Crippen LogP contribution in [0.1, 0.15) is 37.1 Å². The van der Waals surface area contributed by atoms with Crippen LogP contribution in [0.3, 0.4) is 0 Å². The molecule has 0 aromatic carbocycles. The zero-order chi connectivity index (χ0) is 8.60. The van der Waals surface area contributed by atoms with Gasteiger partial charge in [0.15, 0.2) is 0 Å². The molecule has 0 atom stereocenters. The van der Waals surface area contributed by atoms with E-state index in [2.05, 4.69) is 5.16 Å². The predicted octanol–water partition coefficient (Wildman–Crippen LogP) is 2.13.